The molecule has 5 nitrogen and oxygen atoms in total. The third-order valence-electron chi connectivity index (χ3n) is 4.79. The Bertz CT molecular complexity index is 726. The van der Waals surface area contributed by atoms with Gasteiger partial charge in [-0.15, -0.1) is 12.4 Å². The summed E-state index contributed by atoms with van der Waals surface area (Å²) in [5.41, 5.74) is 2.16. The van der Waals surface area contributed by atoms with Gasteiger partial charge in [-0.3, -0.25) is 4.79 Å². The second-order valence-electron chi connectivity index (χ2n) is 6.51. The number of benzene rings is 1. The lowest BCUT2D eigenvalue weighted by Gasteiger charge is -2.34. The minimum Gasteiger partial charge on any atom is -0.335 e. The highest BCUT2D eigenvalue weighted by Gasteiger charge is 2.27. The van der Waals surface area contributed by atoms with Crippen molar-refractivity contribution < 1.29 is 9.18 Å². The molecule has 0 radical (unpaired) electrons. The van der Waals surface area contributed by atoms with Gasteiger partial charge in [-0.05, 0) is 63.5 Å². The predicted octanol–water partition coefficient (Wildman–Crippen LogP) is 3.35. The molecule has 3 rings (SSSR count). The van der Waals surface area contributed by atoms with E-state index in [2.05, 4.69) is 17.3 Å². The van der Waals surface area contributed by atoms with E-state index in [1.807, 2.05) is 11.8 Å². The molecule has 0 saturated carbocycles. The van der Waals surface area contributed by atoms with Gasteiger partial charge in [0, 0.05) is 12.6 Å². The highest BCUT2D eigenvalue weighted by Crippen LogP contribution is 2.20. The molecule has 142 valence electrons. The van der Waals surface area contributed by atoms with Crippen LogP contribution < -0.4 is 5.32 Å². The van der Waals surface area contributed by atoms with Gasteiger partial charge in [0.05, 0.1) is 23.1 Å². The van der Waals surface area contributed by atoms with E-state index in [1.165, 1.54) is 12.1 Å². The number of rotatable bonds is 5. The summed E-state index contributed by atoms with van der Waals surface area (Å²) in [5.74, 6) is -0.246. The van der Waals surface area contributed by atoms with Crippen LogP contribution in [0.25, 0.3) is 5.69 Å². The maximum absolute atomic E-state index is 13.1. The third-order valence-corrected chi connectivity index (χ3v) is 4.79. The smallest absolute Gasteiger partial charge is 0.257 e. The van der Waals surface area contributed by atoms with Gasteiger partial charge in [0.25, 0.3) is 5.91 Å². The van der Waals surface area contributed by atoms with Crippen molar-refractivity contribution in [1.29, 1.82) is 0 Å². The zero-order chi connectivity index (χ0) is 17.8. The fourth-order valence-electron chi connectivity index (χ4n) is 3.43. The highest BCUT2D eigenvalue weighted by molar-refractivity contribution is 5.95. The van der Waals surface area contributed by atoms with E-state index in [-0.39, 0.29) is 30.2 Å². The van der Waals surface area contributed by atoms with E-state index < -0.39 is 0 Å². The van der Waals surface area contributed by atoms with Crippen LogP contribution in [-0.2, 0) is 0 Å². The summed E-state index contributed by atoms with van der Waals surface area (Å²) in [6.07, 6.45) is 4.53. The van der Waals surface area contributed by atoms with Crippen molar-refractivity contribution in [2.75, 3.05) is 19.6 Å². The number of hydrogen-bond donors (Lipinski definition) is 1. The topological polar surface area (TPSA) is 50.2 Å². The van der Waals surface area contributed by atoms with Gasteiger partial charge in [-0.2, -0.15) is 5.10 Å². The molecule has 0 atom stereocenters. The minimum absolute atomic E-state index is 0. The maximum Gasteiger partial charge on any atom is 0.257 e. The molecule has 1 saturated heterocycles. The van der Waals surface area contributed by atoms with Crippen LogP contribution in [0, 0.1) is 12.7 Å². The normalized spacial score (nSPS) is 14.7. The van der Waals surface area contributed by atoms with Crippen LogP contribution in [0.15, 0.2) is 30.5 Å². The highest BCUT2D eigenvalue weighted by atomic mass is 35.5. The molecule has 0 unspecified atom stereocenters. The van der Waals surface area contributed by atoms with Crippen LogP contribution in [0.3, 0.4) is 0 Å². The van der Waals surface area contributed by atoms with Gasteiger partial charge in [-0.25, -0.2) is 9.07 Å². The molecule has 2 heterocycles. The summed E-state index contributed by atoms with van der Waals surface area (Å²) >= 11 is 0. The first-order chi connectivity index (χ1) is 12.1. The standard InChI is InChI=1S/C19H25FN4O.ClH/c1-3-12-23(16-8-10-21-11-9-16)19(25)18-13-22-24(14(18)2)17-6-4-15(20)5-7-17;/h4-7,13,16,21H,3,8-12H2,1-2H3;1H. The van der Waals surface area contributed by atoms with Crippen LogP contribution in [-0.4, -0.2) is 46.3 Å². The first kappa shape index (κ1) is 20.4. The lowest BCUT2D eigenvalue weighted by atomic mass is 10.0. The summed E-state index contributed by atoms with van der Waals surface area (Å²) < 4.78 is 14.8. The summed E-state index contributed by atoms with van der Waals surface area (Å²) in [6, 6.07) is 6.41. The number of aromatic nitrogens is 2. The lowest BCUT2D eigenvalue weighted by molar-refractivity contribution is 0.0642. The predicted molar refractivity (Wildman–Crippen MR) is 103 cm³/mol. The molecular weight excluding hydrogens is 355 g/mol. The number of carbonyl (C=O) groups excluding carboxylic acids is 1. The fraction of sp³-hybridized carbons (Fsp3) is 0.474. The van der Waals surface area contributed by atoms with Crippen LogP contribution in [0.2, 0.25) is 0 Å². The van der Waals surface area contributed by atoms with Gasteiger partial charge in [0.2, 0.25) is 0 Å². The zero-order valence-electron chi connectivity index (χ0n) is 15.2. The zero-order valence-corrected chi connectivity index (χ0v) is 16.1. The van der Waals surface area contributed by atoms with Crippen LogP contribution in [0.5, 0.6) is 0 Å². The van der Waals surface area contributed by atoms with Gasteiger partial charge in [0.1, 0.15) is 5.82 Å². The van der Waals surface area contributed by atoms with E-state index in [4.69, 9.17) is 0 Å². The molecule has 2 aromatic rings. The molecule has 1 aliphatic heterocycles. The van der Waals surface area contributed by atoms with E-state index in [0.717, 1.165) is 50.3 Å². The number of nitrogens with zero attached hydrogens (tertiary/aromatic N) is 3. The molecule has 1 aliphatic rings. The molecule has 1 N–H and O–H groups in total. The van der Waals surface area contributed by atoms with E-state index in [9.17, 15) is 9.18 Å². The summed E-state index contributed by atoms with van der Waals surface area (Å²) in [7, 11) is 0. The minimum atomic E-state index is -0.287. The summed E-state index contributed by atoms with van der Waals surface area (Å²) in [5, 5.41) is 7.71. The van der Waals surface area contributed by atoms with E-state index in [1.54, 1.807) is 23.0 Å². The average Bonchev–Trinajstić information content (AvgIpc) is 3.02. The Morgan fingerprint density at radius 3 is 2.58 bits per heavy atom. The van der Waals surface area contributed by atoms with Gasteiger partial charge >= 0.3 is 0 Å². The molecule has 0 aliphatic carbocycles. The van der Waals surface area contributed by atoms with E-state index in [0.29, 0.717) is 5.56 Å². The largest absolute Gasteiger partial charge is 0.335 e. The SMILES string of the molecule is CCCN(C(=O)c1cnn(-c2ccc(F)cc2)c1C)C1CCNCC1.Cl. The van der Waals surface area contributed by atoms with Crippen molar-refractivity contribution in [3.63, 3.8) is 0 Å². The van der Waals surface area contributed by atoms with Crippen molar-refractivity contribution in [3.8, 4) is 5.69 Å². The number of carbonyl (C=O) groups is 1. The summed E-state index contributed by atoms with van der Waals surface area (Å²) in [6.45, 7) is 6.63. The molecule has 0 bridgehead atoms. The first-order valence-corrected chi connectivity index (χ1v) is 8.94. The van der Waals surface area contributed by atoms with Crippen molar-refractivity contribution in [2.45, 2.75) is 39.2 Å². The molecule has 7 heteroatoms. The van der Waals surface area contributed by atoms with Gasteiger partial charge in [0.15, 0.2) is 0 Å². The second-order valence-corrected chi connectivity index (χ2v) is 6.51. The molecule has 0 spiro atoms. The summed E-state index contributed by atoms with van der Waals surface area (Å²) in [4.78, 5) is 15.1. The number of amides is 1. The molecular formula is C19H26ClFN4O. The fourth-order valence-corrected chi connectivity index (χ4v) is 3.43. The maximum atomic E-state index is 13.1. The Hall–Kier alpha value is -1.92. The Balaban J connectivity index is 0.00000243. The number of nitrogens with one attached hydrogen (secondary N) is 1. The molecule has 26 heavy (non-hydrogen) atoms. The van der Waals surface area contributed by atoms with Crippen LogP contribution in [0.4, 0.5) is 4.39 Å². The van der Waals surface area contributed by atoms with Crippen LogP contribution in [0.1, 0.15) is 42.2 Å². The number of piperidine rings is 1. The lowest BCUT2D eigenvalue weighted by Crippen LogP contribution is -2.46. The molecule has 1 amide bonds. The monoisotopic (exact) mass is 380 g/mol. The number of halogens is 2. The van der Waals surface area contributed by atoms with Crippen molar-refractivity contribution in [1.82, 2.24) is 20.0 Å². The van der Waals surface area contributed by atoms with Gasteiger partial charge < -0.3 is 10.2 Å². The van der Waals surface area contributed by atoms with Gasteiger partial charge in [-0.1, -0.05) is 6.92 Å². The first-order valence-electron chi connectivity index (χ1n) is 8.94. The molecule has 1 aromatic heterocycles. The quantitative estimate of drug-likeness (QED) is 0.865. The third kappa shape index (κ3) is 4.24. The van der Waals surface area contributed by atoms with E-state index >= 15 is 0 Å². The average molecular weight is 381 g/mol. The second kappa shape index (κ2) is 9.14. The Labute approximate surface area is 160 Å². The van der Waals surface area contributed by atoms with Crippen LogP contribution >= 0.6 is 12.4 Å². The Kier molecular flexibility index (Phi) is 7.17. The van der Waals surface area contributed by atoms with Crippen molar-refractivity contribution in [2.24, 2.45) is 0 Å². The molecule has 1 aromatic carbocycles. The van der Waals surface area contributed by atoms with Crippen molar-refractivity contribution in [3.05, 3.63) is 47.5 Å². The Morgan fingerprint density at radius 2 is 1.96 bits per heavy atom. The molecule has 1 fully saturated rings. The number of hydrogen-bond acceptors (Lipinski definition) is 3. The Morgan fingerprint density at radius 1 is 1.31 bits per heavy atom. The van der Waals surface area contributed by atoms with Crippen molar-refractivity contribution >= 4 is 18.3 Å².